The van der Waals surface area contributed by atoms with Gasteiger partial charge in [0.25, 0.3) is 0 Å². The van der Waals surface area contributed by atoms with Gasteiger partial charge in [0, 0.05) is 19.4 Å². The van der Waals surface area contributed by atoms with Crippen molar-refractivity contribution in [3.8, 4) is 0 Å². The summed E-state index contributed by atoms with van der Waals surface area (Å²) in [6, 6.07) is 0. The maximum atomic E-state index is 5.54. The fourth-order valence-electron chi connectivity index (χ4n) is 1.70. The van der Waals surface area contributed by atoms with Crippen LogP contribution < -0.4 is 5.32 Å². The fraction of sp³-hybridized carbons (Fsp3) is 0.400. The van der Waals surface area contributed by atoms with Crippen LogP contribution in [0.25, 0.3) is 6.08 Å². The van der Waals surface area contributed by atoms with E-state index in [0.29, 0.717) is 11.7 Å². The number of nitrogens with one attached hydrogen (secondary N) is 1. The maximum Gasteiger partial charge on any atom is 0.193 e. The zero-order chi connectivity index (χ0) is 10.4. The van der Waals surface area contributed by atoms with Gasteiger partial charge in [-0.05, 0) is 0 Å². The number of rotatable bonds is 1. The van der Waals surface area contributed by atoms with E-state index in [2.05, 4.69) is 15.3 Å². The van der Waals surface area contributed by atoms with Crippen molar-refractivity contribution >= 4 is 17.8 Å². The van der Waals surface area contributed by atoms with E-state index in [1.165, 1.54) is 0 Å². The molecule has 0 aliphatic carbocycles. The summed E-state index contributed by atoms with van der Waals surface area (Å²) in [7, 11) is 0. The summed E-state index contributed by atoms with van der Waals surface area (Å²) in [4.78, 5) is 8.59. The van der Waals surface area contributed by atoms with Gasteiger partial charge in [-0.3, -0.25) is 0 Å². The minimum Gasteiger partial charge on any atom is -0.443 e. The summed E-state index contributed by atoms with van der Waals surface area (Å²) in [6.07, 6.45) is 2.52. The van der Waals surface area contributed by atoms with Crippen LogP contribution in [0.3, 0.4) is 0 Å². The molecule has 2 aliphatic rings. The normalized spacial score (nSPS) is 22.1. The SMILES string of the molecule is CCC1=NC2Nc3nc(C)oc3C=C2O1. The van der Waals surface area contributed by atoms with Crippen LogP contribution in [0.4, 0.5) is 5.82 Å². The smallest absolute Gasteiger partial charge is 0.193 e. The number of anilines is 1. The first-order chi connectivity index (χ1) is 7.26. The molecule has 1 aromatic heterocycles. The van der Waals surface area contributed by atoms with Gasteiger partial charge in [0.2, 0.25) is 0 Å². The molecule has 5 nitrogen and oxygen atoms in total. The molecule has 0 spiro atoms. The Morgan fingerprint density at radius 3 is 3.20 bits per heavy atom. The van der Waals surface area contributed by atoms with Gasteiger partial charge in [-0.1, -0.05) is 6.92 Å². The molecule has 0 saturated heterocycles. The molecule has 2 aliphatic heterocycles. The van der Waals surface area contributed by atoms with Crippen molar-refractivity contribution in [3.63, 3.8) is 0 Å². The Labute approximate surface area is 86.9 Å². The third-order valence-corrected chi connectivity index (χ3v) is 2.39. The zero-order valence-corrected chi connectivity index (χ0v) is 8.57. The minimum absolute atomic E-state index is 0.128. The largest absolute Gasteiger partial charge is 0.443 e. The highest BCUT2D eigenvalue weighted by Crippen LogP contribution is 2.31. The van der Waals surface area contributed by atoms with E-state index in [4.69, 9.17) is 9.15 Å². The number of hydrogen-bond acceptors (Lipinski definition) is 5. The quantitative estimate of drug-likeness (QED) is 0.760. The van der Waals surface area contributed by atoms with E-state index in [1.54, 1.807) is 0 Å². The molecule has 0 saturated carbocycles. The van der Waals surface area contributed by atoms with Crippen LogP contribution in [0.2, 0.25) is 0 Å². The molecule has 0 amide bonds. The van der Waals surface area contributed by atoms with Gasteiger partial charge in [-0.25, -0.2) is 4.99 Å². The minimum atomic E-state index is -0.128. The number of ether oxygens (including phenoxy) is 1. The molecule has 1 aromatic rings. The topological polar surface area (TPSA) is 59.7 Å². The van der Waals surface area contributed by atoms with Crippen molar-refractivity contribution in [2.45, 2.75) is 26.4 Å². The van der Waals surface area contributed by atoms with E-state index >= 15 is 0 Å². The second-order valence-corrected chi connectivity index (χ2v) is 3.52. The van der Waals surface area contributed by atoms with E-state index < -0.39 is 0 Å². The van der Waals surface area contributed by atoms with Gasteiger partial charge in [0.1, 0.15) is 0 Å². The Hall–Kier alpha value is -1.78. The Morgan fingerprint density at radius 2 is 2.40 bits per heavy atom. The van der Waals surface area contributed by atoms with E-state index in [9.17, 15) is 0 Å². The Balaban J connectivity index is 1.98. The number of aryl methyl sites for hydroxylation is 1. The van der Waals surface area contributed by atoms with Gasteiger partial charge in [-0.15, -0.1) is 0 Å². The van der Waals surface area contributed by atoms with E-state index in [1.807, 2.05) is 19.9 Å². The molecule has 1 atom stereocenters. The number of oxazole rings is 1. The van der Waals surface area contributed by atoms with Crippen molar-refractivity contribution in [3.05, 3.63) is 17.4 Å². The van der Waals surface area contributed by atoms with Crippen molar-refractivity contribution in [1.82, 2.24) is 4.98 Å². The van der Waals surface area contributed by atoms with Crippen LogP contribution in [0.1, 0.15) is 25.0 Å². The zero-order valence-electron chi connectivity index (χ0n) is 8.57. The molecule has 0 bridgehead atoms. The number of nitrogens with zero attached hydrogens (tertiary/aromatic N) is 2. The van der Waals surface area contributed by atoms with Crippen molar-refractivity contribution in [2.24, 2.45) is 4.99 Å². The Bertz CT molecular complexity index is 473. The lowest BCUT2D eigenvalue weighted by Gasteiger charge is -2.14. The van der Waals surface area contributed by atoms with Crippen LogP contribution >= 0.6 is 0 Å². The summed E-state index contributed by atoms with van der Waals surface area (Å²) < 4.78 is 10.9. The standard InChI is InChI=1S/C10H11N3O2/c1-3-8-12-10-7(15-8)4-6-9(13-10)11-5(2)14-6/h4,10,13H,3H2,1-2H3. The van der Waals surface area contributed by atoms with Gasteiger partial charge in [0.15, 0.2) is 35.3 Å². The molecule has 0 radical (unpaired) electrons. The highest BCUT2D eigenvalue weighted by atomic mass is 16.5. The lowest BCUT2D eigenvalue weighted by molar-refractivity contribution is 0.413. The average Bonchev–Trinajstić information content (AvgIpc) is 2.74. The van der Waals surface area contributed by atoms with Crippen molar-refractivity contribution in [2.75, 3.05) is 5.32 Å². The molecular weight excluding hydrogens is 194 g/mol. The Morgan fingerprint density at radius 1 is 1.53 bits per heavy atom. The second kappa shape index (κ2) is 2.85. The number of hydrogen-bond donors (Lipinski definition) is 1. The number of fused-ring (bicyclic) bond motifs is 2. The van der Waals surface area contributed by atoms with E-state index in [0.717, 1.165) is 23.9 Å². The molecular formula is C10H11N3O2. The summed E-state index contributed by atoms with van der Waals surface area (Å²) in [6.45, 7) is 3.83. The molecule has 1 N–H and O–H groups in total. The van der Waals surface area contributed by atoms with Crippen LogP contribution in [0.15, 0.2) is 15.2 Å². The lowest BCUT2D eigenvalue weighted by atomic mass is 10.2. The third-order valence-electron chi connectivity index (χ3n) is 2.39. The first-order valence-corrected chi connectivity index (χ1v) is 4.96. The molecule has 0 fully saturated rings. The first-order valence-electron chi connectivity index (χ1n) is 4.96. The highest BCUT2D eigenvalue weighted by Gasteiger charge is 2.30. The summed E-state index contributed by atoms with van der Waals surface area (Å²) in [5.74, 6) is 3.64. The van der Waals surface area contributed by atoms with Crippen LogP contribution in [-0.2, 0) is 4.74 Å². The predicted octanol–water partition coefficient (Wildman–Crippen LogP) is 1.91. The summed E-state index contributed by atoms with van der Waals surface area (Å²) in [5, 5.41) is 3.16. The summed E-state index contributed by atoms with van der Waals surface area (Å²) >= 11 is 0. The molecule has 0 aromatic carbocycles. The van der Waals surface area contributed by atoms with Gasteiger partial charge < -0.3 is 14.5 Å². The first kappa shape index (κ1) is 8.52. The van der Waals surface area contributed by atoms with Gasteiger partial charge in [0.05, 0.1) is 0 Å². The summed E-state index contributed by atoms with van der Waals surface area (Å²) in [5.41, 5.74) is 0. The van der Waals surface area contributed by atoms with Gasteiger partial charge in [-0.2, -0.15) is 4.98 Å². The van der Waals surface area contributed by atoms with E-state index in [-0.39, 0.29) is 6.17 Å². The maximum absolute atomic E-state index is 5.54. The highest BCUT2D eigenvalue weighted by molar-refractivity contribution is 5.82. The number of aliphatic imine (C=N–C) groups is 1. The molecule has 3 rings (SSSR count). The van der Waals surface area contributed by atoms with Crippen molar-refractivity contribution < 1.29 is 9.15 Å². The van der Waals surface area contributed by atoms with Crippen LogP contribution in [0.5, 0.6) is 0 Å². The molecule has 15 heavy (non-hydrogen) atoms. The molecule has 1 unspecified atom stereocenters. The lowest BCUT2D eigenvalue weighted by Crippen LogP contribution is -2.20. The van der Waals surface area contributed by atoms with Crippen molar-refractivity contribution in [1.29, 1.82) is 0 Å². The molecule has 5 heteroatoms. The Kier molecular flexibility index (Phi) is 1.62. The monoisotopic (exact) mass is 205 g/mol. The predicted molar refractivity (Wildman–Crippen MR) is 55.4 cm³/mol. The second-order valence-electron chi connectivity index (χ2n) is 3.52. The average molecular weight is 205 g/mol. The molecule has 3 heterocycles. The number of aromatic nitrogens is 1. The van der Waals surface area contributed by atoms with Crippen LogP contribution in [-0.4, -0.2) is 17.0 Å². The fourth-order valence-corrected chi connectivity index (χ4v) is 1.70. The third kappa shape index (κ3) is 1.23. The van der Waals surface area contributed by atoms with Crippen LogP contribution in [0, 0.1) is 6.92 Å². The molecule has 78 valence electrons. The van der Waals surface area contributed by atoms with Gasteiger partial charge >= 0.3 is 0 Å².